The molecular weight excluding hydrogens is 250 g/mol. The molecule has 0 aromatic rings. The predicted molar refractivity (Wildman–Crippen MR) is 68.5 cm³/mol. The van der Waals surface area contributed by atoms with Crippen LogP contribution >= 0.6 is 0 Å². The summed E-state index contributed by atoms with van der Waals surface area (Å²) >= 11 is 0. The van der Waals surface area contributed by atoms with Crippen molar-refractivity contribution in [3.05, 3.63) is 0 Å². The summed E-state index contributed by atoms with van der Waals surface area (Å²) in [6.45, 7) is 0.349. The summed E-state index contributed by atoms with van der Waals surface area (Å²) in [4.78, 5) is 36.5. The summed E-state index contributed by atoms with van der Waals surface area (Å²) < 4.78 is 0. The molecule has 7 nitrogen and oxygen atoms in total. The molecule has 1 heterocycles. The number of urea groups is 1. The van der Waals surface area contributed by atoms with Crippen molar-refractivity contribution in [1.29, 1.82) is 0 Å². The molecule has 0 aliphatic carbocycles. The third-order valence-electron chi connectivity index (χ3n) is 3.07. The Balaban J connectivity index is 2.66. The minimum atomic E-state index is -1.15. The van der Waals surface area contributed by atoms with Crippen LogP contribution in [0, 0.1) is 0 Å². The number of carbonyl (C=O) groups excluding carboxylic acids is 2. The van der Waals surface area contributed by atoms with Crippen LogP contribution in [0.2, 0.25) is 0 Å². The van der Waals surface area contributed by atoms with E-state index in [4.69, 9.17) is 10.8 Å². The first-order valence-corrected chi connectivity index (χ1v) is 6.54. The van der Waals surface area contributed by atoms with Crippen LogP contribution in [0.1, 0.15) is 32.1 Å². The number of carboxylic acid groups (broad SMARTS) is 1. The van der Waals surface area contributed by atoms with E-state index >= 15 is 0 Å². The average molecular weight is 271 g/mol. The highest BCUT2D eigenvalue weighted by Gasteiger charge is 2.24. The number of nitrogens with zero attached hydrogens (tertiary/aromatic N) is 2. The van der Waals surface area contributed by atoms with Crippen LogP contribution in [-0.4, -0.2) is 59.0 Å². The average Bonchev–Trinajstić information content (AvgIpc) is 2.25. The minimum Gasteiger partial charge on any atom is -0.480 e. The third kappa shape index (κ3) is 5.58. The Morgan fingerprint density at radius 3 is 2.00 bits per heavy atom. The Hall–Kier alpha value is -1.79. The number of aliphatic carboxylic acids is 1. The maximum absolute atomic E-state index is 12.2. The first-order valence-electron chi connectivity index (χ1n) is 6.54. The van der Waals surface area contributed by atoms with Crippen molar-refractivity contribution in [1.82, 2.24) is 9.80 Å². The van der Waals surface area contributed by atoms with Crippen molar-refractivity contribution in [2.75, 3.05) is 26.2 Å². The molecule has 1 aliphatic rings. The SMILES string of the molecule is NC(=O)CN(CC(=O)O)C(=O)N1CCCCCCC1. The molecule has 1 saturated heterocycles. The van der Waals surface area contributed by atoms with Crippen LogP contribution < -0.4 is 5.73 Å². The van der Waals surface area contributed by atoms with E-state index in [2.05, 4.69) is 0 Å². The highest BCUT2D eigenvalue weighted by atomic mass is 16.4. The van der Waals surface area contributed by atoms with E-state index in [-0.39, 0.29) is 6.54 Å². The van der Waals surface area contributed by atoms with E-state index in [1.807, 2.05) is 0 Å². The molecule has 0 aromatic carbocycles. The van der Waals surface area contributed by atoms with Gasteiger partial charge < -0.3 is 20.6 Å². The maximum Gasteiger partial charge on any atom is 0.323 e. The number of nitrogens with two attached hydrogens (primary N) is 1. The van der Waals surface area contributed by atoms with Gasteiger partial charge in [0.2, 0.25) is 5.91 Å². The van der Waals surface area contributed by atoms with Gasteiger partial charge in [0.25, 0.3) is 0 Å². The third-order valence-corrected chi connectivity index (χ3v) is 3.07. The molecule has 0 radical (unpaired) electrons. The van der Waals surface area contributed by atoms with E-state index in [0.29, 0.717) is 13.1 Å². The smallest absolute Gasteiger partial charge is 0.323 e. The number of likely N-dealkylation sites (tertiary alicyclic amines) is 1. The van der Waals surface area contributed by atoms with Crippen LogP contribution in [0.25, 0.3) is 0 Å². The predicted octanol–water partition coefficient (Wildman–Crippen LogP) is 0.244. The van der Waals surface area contributed by atoms with Crippen LogP contribution in [0.3, 0.4) is 0 Å². The molecule has 7 heteroatoms. The molecule has 1 rings (SSSR count). The second-order valence-corrected chi connectivity index (χ2v) is 4.75. The van der Waals surface area contributed by atoms with E-state index in [0.717, 1.165) is 30.6 Å². The van der Waals surface area contributed by atoms with Crippen LogP contribution in [0.4, 0.5) is 4.79 Å². The highest BCUT2D eigenvalue weighted by molar-refractivity contribution is 5.85. The van der Waals surface area contributed by atoms with Crippen LogP contribution in [-0.2, 0) is 9.59 Å². The second-order valence-electron chi connectivity index (χ2n) is 4.75. The Kier molecular flexibility index (Phi) is 6.11. The van der Waals surface area contributed by atoms with Gasteiger partial charge >= 0.3 is 12.0 Å². The summed E-state index contributed by atoms with van der Waals surface area (Å²) in [6.07, 6.45) is 5.12. The number of primary amides is 1. The van der Waals surface area contributed by atoms with Gasteiger partial charge in [-0.25, -0.2) is 4.79 Å². The maximum atomic E-state index is 12.2. The molecule has 0 aromatic heterocycles. The van der Waals surface area contributed by atoms with Gasteiger partial charge in [0.05, 0.1) is 0 Å². The molecule has 108 valence electrons. The number of hydrogen-bond acceptors (Lipinski definition) is 3. The standard InChI is InChI=1S/C12H21N3O4/c13-10(16)8-15(9-11(17)18)12(19)14-6-4-2-1-3-5-7-14/h1-9H2,(H2,13,16)(H,17,18). The molecule has 0 bridgehead atoms. The molecule has 0 atom stereocenters. The Morgan fingerprint density at radius 1 is 1.00 bits per heavy atom. The fourth-order valence-corrected chi connectivity index (χ4v) is 2.18. The van der Waals surface area contributed by atoms with Gasteiger partial charge in [-0.05, 0) is 12.8 Å². The zero-order chi connectivity index (χ0) is 14.3. The molecule has 19 heavy (non-hydrogen) atoms. The van der Waals surface area contributed by atoms with Crippen molar-refractivity contribution in [3.8, 4) is 0 Å². The van der Waals surface area contributed by atoms with Crippen molar-refractivity contribution in [2.24, 2.45) is 5.73 Å². The van der Waals surface area contributed by atoms with E-state index in [9.17, 15) is 14.4 Å². The zero-order valence-corrected chi connectivity index (χ0v) is 11.0. The van der Waals surface area contributed by atoms with Gasteiger partial charge in [0.1, 0.15) is 13.1 Å². The Bertz CT molecular complexity index is 322. The van der Waals surface area contributed by atoms with Gasteiger partial charge in [0, 0.05) is 13.1 Å². The summed E-state index contributed by atoms with van der Waals surface area (Å²) in [5.41, 5.74) is 5.05. The molecule has 0 unspecified atom stereocenters. The molecule has 0 spiro atoms. The van der Waals surface area contributed by atoms with E-state index in [1.165, 1.54) is 6.42 Å². The van der Waals surface area contributed by atoms with Crippen molar-refractivity contribution in [2.45, 2.75) is 32.1 Å². The lowest BCUT2D eigenvalue weighted by atomic mass is 10.1. The summed E-state index contributed by atoms with van der Waals surface area (Å²) in [5, 5.41) is 8.78. The lowest BCUT2D eigenvalue weighted by molar-refractivity contribution is -0.138. The normalized spacial score (nSPS) is 16.3. The number of hydrogen-bond donors (Lipinski definition) is 2. The van der Waals surface area contributed by atoms with Crippen molar-refractivity contribution < 1.29 is 19.5 Å². The van der Waals surface area contributed by atoms with E-state index in [1.54, 1.807) is 4.90 Å². The molecule has 3 N–H and O–H groups in total. The lowest BCUT2D eigenvalue weighted by Gasteiger charge is -2.30. The quantitative estimate of drug-likeness (QED) is 0.764. The van der Waals surface area contributed by atoms with Crippen molar-refractivity contribution in [3.63, 3.8) is 0 Å². The number of rotatable bonds is 4. The number of carboxylic acids is 1. The summed E-state index contributed by atoms with van der Waals surface area (Å²) in [7, 11) is 0. The Labute approximate surface area is 112 Å². The van der Waals surface area contributed by atoms with Gasteiger partial charge in [-0.15, -0.1) is 0 Å². The topological polar surface area (TPSA) is 104 Å². The zero-order valence-electron chi connectivity index (χ0n) is 11.0. The Morgan fingerprint density at radius 2 is 1.53 bits per heavy atom. The van der Waals surface area contributed by atoms with Gasteiger partial charge in [0.15, 0.2) is 0 Å². The van der Waals surface area contributed by atoms with Gasteiger partial charge in [-0.1, -0.05) is 19.3 Å². The second kappa shape index (κ2) is 7.60. The summed E-state index contributed by atoms with van der Waals surface area (Å²) in [6, 6.07) is -0.414. The molecule has 1 fully saturated rings. The van der Waals surface area contributed by atoms with E-state index < -0.39 is 24.5 Å². The highest BCUT2D eigenvalue weighted by Crippen LogP contribution is 2.12. The first kappa shape index (κ1) is 15.3. The van der Waals surface area contributed by atoms with Crippen molar-refractivity contribution >= 4 is 17.9 Å². The molecular formula is C12H21N3O4. The monoisotopic (exact) mass is 271 g/mol. The van der Waals surface area contributed by atoms with Crippen LogP contribution in [0.5, 0.6) is 0 Å². The molecule has 0 saturated carbocycles. The molecule has 3 amide bonds. The largest absolute Gasteiger partial charge is 0.480 e. The summed E-state index contributed by atoms with van der Waals surface area (Å²) in [5.74, 6) is -1.86. The lowest BCUT2D eigenvalue weighted by Crippen LogP contribution is -2.49. The fraction of sp³-hybridized carbons (Fsp3) is 0.750. The van der Waals surface area contributed by atoms with Gasteiger partial charge in [-0.3, -0.25) is 9.59 Å². The first-order chi connectivity index (χ1) is 9.00. The molecule has 1 aliphatic heterocycles. The number of carbonyl (C=O) groups is 3. The fourth-order valence-electron chi connectivity index (χ4n) is 2.18. The van der Waals surface area contributed by atoms with Gasteiger partial charge in [-0.2, -0.15) is 0 Å². The van der Waals surface area contributed by atoms with Crippen LogP contribution in [0.15, 0.2) is 0 Å². The number of amides is 3. The minimum absolute atomic E-state index is 0.359.